The summed E-state index contributed by atoms with van der Waals surface area (Å²) in [5.74, 6) is -0.906. The molecule has 1 N–H and O–H groups in total. The molecular weight excluding hydrogens is 292 g/mol. The van der Waals surface area contributed by atoms with Gasteiger partial charge in [0.05, 0.1) is 12.2 Å². The molecule has 2 aromatic carbocycles. The monoisotopic (exact) mass is 302 g/mol. The van der Waals surface area contributed by atoms with Gasteiger partial charge < -0.3 is 5.11 Å². The number of halogens is 4. The predicted molar refractivity (Wildman–Crippen MR) is 67.9 cm³/mol. The summed E-state index contributed by atoms with van der Waals surface area (Å²) in [5.41, 5.74) is -0.294. The molecule has 0 saturated heterocycles. The van der Waals surface area contributed by atoms with E-state index >= 15 is 0 Å². The maximum absolute atomic E-state index is 13.7. The van der Waals surface area contributed by atoms with Gasteiger partial charge in [0.2, 0.25) is 0 Å². The summed E-state index contributed by atoms with van der Waals surface area (Å²) in [5, 5.41) is 8.90. The van der Waals surface area contributed by atoms with Crippen molar-refractivity contribution in [2.45, 2.75) is 22.6 Å². The summed E-state index contributed by atoms with van der Waals surface area (Å²) in [4.78, 5) is 0.801. The van der Waals surface area contributed by atoms with E-state index < -0.39 is 17.6 Å². The number of aliphatic hydroxyl groups is 1. The summed E-state index contributed by atoms with van der Waals surface area (Å²) in [6.45, 7) is -0.0976. The van der Waals surface area contributed by atoms with Crippen LogP contribution in [0, 0.1) is 5.82 Å². The van der Waals surface area contributed by atoms with Crippen LogP contribution in [-0.4, -0.2) is 5.11 Å². The van der Waals surface area contributed by atoms with E-state index in [9.17, 15) is 17.6 Å². The van der Waals surface area contributed by atoms with E-state index in [0.717, 1.165) is 23.9 Å². The lowest BCUT2D eigenvalue weighted by Gasteiger charge is -2.09. The van der Waals surface area contributed by atoms with E-state index in [1.807, 2.05) is 0 Å². The summed E-state index contributed by atoms with van der Waals surface area (Å²) >= 11 is 1.03. The van der Waals surface area contributed by atoms with E-state index in [-0.39, 0.29) is 11.5 Å². The van der Waals surface area contributed by atoms with Gasteiger partial charge in [-0.25, -0.2) is 4.39 Å². The number of benzene rings is 2. The molecule has 0 aromatic heterocycles. The van der Waals surface area contributed by atoms with E-state index in [1.54, 1.807) is 24.3 Å². The van der Waals surface area contributed by atoms with Crippen LogP contribution >= 0.6 is 11.8 Å². The molecule has 0 heterocycles. The van der Waals surface area contributed by atoms with Crippen molar-refractivity contribution >= 4 is 11.8 Å². The molecule has 2 aromatic rings. The van der Waals surface area contributed by atoms with Crippen LogP contribution in [0.4, 0.5) is 17.6 Å². The Kier molecular flexibility index (Phi) is 4.35. The van der Waals surface area contributed by atoms with Crippen molar-refractivity contribution < 1.29 is 22.7 Å². The SMILES string of the molecule is OCc1ccc(Sc2ccc(C(F)(F)F)cc2F)cc1. The standard InChI is InChI=1S/C14H10F4OS/c15-12-7-10(14(16,17)18)3-6-13(12)20-11-4-1-9(8-19)2-5-11/h1-7,19H,8H2. The highest BCUT2D eigenvalue weighted by Gasteiger charge is 2.31. The van der Waals surface area contributed by atoms with Crippen molar-refractivity contribution in [3.05, 3.63) is 59.4 Å². The lowest BCUT2D eigenvalue weighted by Crippen LogP contribution is -2.05. The van der Waals surface area contributed by atoms with Crippen molar-refractivity contribution in [1.29, 1.82) is 0 Å². The highest BCUT2D eigenvalue weighted by molar-refractivity contribution is 7.99. The zero-order chi connectivity index (χ0) is 14.8. The summed E-state index contributed by atoms with van der Waals surface area (Å²) in [7, 11) is 0. The third kappa shape index (κ3) is 3.52. The molecule has 0 radical (unpaired) electrons. The van der Waals surface area contributed by atoms with Gasteiger partial charge in [0, 0.05) is 9.79 Å². The number of alkyl halides is 3. The van der Waals surface area contributed by atoms with Gasteiger partial charge in [0.1, 0.15) is 5.82 Å². The van der Waals surface area contributed by atoms with Crippen molar-refractivity contribution in [2.75, 3.05) is 0 Å². The number of hydrogen-bond acceptors (Lipinski definition) is 2. The quantitative estimate of drug-likeness (QED) is 0.843. The van der Waals surface area contributed by atoms with Crippen LogP contribution in [0.15, 0.2) is 52.3 Å². The van der Waals surface area contributed by atoms with Gasteiger partial charge in [-0.2, -0.15) is 13.2 Å². The Balaban J connectivity index is 2.21. The molecular formula is C14H10F4OS. The molecule has 0 aliphatic carbocycles. The van der Waals surface area contributed by atoms with Crippen LogP contribution in [0.25, 0.3) is 0 Å². The molecule has 106 valence electrons. The molecule has 0 unspecified atom stereocenters. The number of aliphatic hydroxyl groups excluding tert-OH is 1. The Morgan fingerprint density at radius 1 is 1.00 bits per heavy atom. The van der Waals surface area contributed by atoms with Crippen molar-refractivity contribution in [3.8, 4) is 0 Å². The highest BCUT2D eigenvalue weighted by atomic mass is 32.2. The second-order valence-corrected chi connectivity index (χ2v) is 5.16. The minimum atomic E-state index is -4.55. The summed E-state index contributed by atoms with van der Waals surface area (Å²) in [6.07, 6.45) is -4.55. The van der Waals surface area contributed by atoms with Gasteiger partial charge in [0.25, 0.3) is 0 Å². The topological polar surface area (TPSA) is 20.2 Å². The molecule has 20 heavy (non-hydrogen) atoms. The first-order valence-electron chi connectivity index (χ1n) is 5.64. The lowest BCUT2D eigenvalue weighted by atomic mass is 10.2. The first-order valence-corrected chi connectivity index (χ1v) is 6.46. The van der Waals surface area contributed by atoms with Crippen LogP contribution in [-0.2, 0) is 12.8 Å². The fourth-order valence-corrected chi connectivity index (χ4v) is 2.37. The van der Waals surface area contributed by atoms with E-state index in [0.29, 0.717) is 16.5 Å². The van der Waals surface area contributed by atoms with Gasteiger partial charge >= 0.3 is 6.18 Å². The minimum Gasteiger partial charge on any atom is -0.392 e. The molecule has 2 rings (SSSR count). The summed E-state index contributed by atoms with van der Waals surface area (Å²) < 4.78 is 50.9. The second-order valence-electron chi connectivity index (χ2n) is 4.05. The molecule has 0 atom stereocenters. The molecule has 0 bridgehead atoms. The fourth-order valence-electron chi connectivity index (χ4n) is 1.55. The Bertz CT molecular complexity index is 593. The maximum atomic E-state index is 13.7. The molecule has 6 heteroatoms. The van der Waals surface area contributed by atoms with Crippen molar-refractivity contribution in [1.82, 2.24) is 0 Å². The third-order valence-corrected chi connectivity index (χ3v) is 3.65. The van der Waals surface area contributed by atoms with E-state index in [2.05, 4.69) is 0 Å². The van der Waals surface area contributed by atoms with Gasteiger partial charge in [0.15, 0.2) is 0 Å². The molecule has 0 aliphatic rings. The van der Waals surface area contributed by atoms with Crippen LogP contribution in [0.5, 0.6) is 0 Å². The van der Waals surface area contributed by atoms with Crippen molar-refractivity contribution in [2.24, 2.45) is 0 Å². The Morgan fingerprint density at radius 3 is 2.15 bits per heavy atom. The maximum Gasteiger partial charge on any atom is 0.416 e. The van der Waals surface area contributed by atoms with Crippen LogP contribution in [0.3, 0.4) is 0 Å². The summed E-state index contributed by atoms with van der Waals surface area (Å²) in [6, 6.07) is 9.15. The van der Waals surface area contributed by atoms with Crippen molar-refractivity contribution in [3.63, 3.8) is 0 Å². The molecule has 1 nitrogen and oxygen atoms in total. The van der Waals surface area contributed by atoms with Gasteiger partial charge in [-0.15, -0.1) is 0 Å². The normalized spacial score (nSPS) is 11.7. The van der Waals surface area contributed by atoms with Crippen LogP contribution < -0.4 is 0 Å². The first-order chi connectivity index (χ1) is 9.40. The smallest absolute Gasteiger partial charge is 0.392 e. The third-order valence-electron chi connectivity index (χ3n) is 2.59. The molecule has 0 amide bonds. The average molecular weight is 302 g/mol. The Labute approximate surface area is 117 Å². The average Bonchev–Trinajstić information content (AvgIpc) is 2.41. The van der Waals surface area contributed by atoms with Gasteiger partial charge in [-0.05, 0) is 35.9 Å². The van der Waals surface area contributed by atoms with E-state index in [1.165, 1.54) is 0 Å². The molecule has 0 aliphatic heterocycles. The van der Waals surface area contributed by atoms with Crippen LogP contribution in [0.2, 0.25) is 0 Å². The first kappa shape index (κ1) is 14.9. The number of hydrogen-bond donors (Lipinski definition) is 1. The molecule has 0 spiro atoms. The molecule has 0 saturated carbocycles. The lowest BCUT2D eigenvalue weighted by molar-refractivity contribution is -0.137. The molecule has 0 fully saturated rings. The van der Waals surface area contributed by atoms with Gasteiger partial charge in [-0.1, -0.05) is 23.9 Å². The van der Waals surface area contributed by atoms with E-state index in [4.69, 9.17) is 5.11 Å². The van der Waals surface area contributed by atoms with Gasteiger partial charge in [-0.3, -0.25) is 0 Å². The number of rotatable bonds is 3. The van der Waals surface area contributed by atoms with Crippen LogP contribution in [0.1, 0.15) is 11.1 Å². The largest absolute Gasteiger partial charge is 0.416 e. The minimum absolute atomic E-state index is 0.0976. The predicted octanol–water partition coefficient (Wildman–Crippen LogP) is 4.49. The Hall–Kier alpha value is -1.53. The highest BCUT2D eigenvalue weighted by Crippen LogP contribution is 2.35. The fraction of sp³-hybridized carbons (Fsp3) is 0.143. The Morgan fingerprint density at radius 2 is 1.65 bits per heavy atom. The zero-order valence-electron chi connectivity index (χ0n) is 10.1. The zero-order valence-corrected chi connectivity index (χ0v) is 10.9. The second kappa shape index (κ2) is 5.85.